The Morgan fingerprint density at radius 1 is 1.11 bits per heavy atom. The maximum absolute atomic E-state index is 13.6. The van der Waals surface area contributed by atoms with Crippen LogP contribution in [0.25, 0.3) is 22.6 Å². The highest BCUT2D eigenvalue weighted by atomic mass is 35.5. The van der Waals surface area contributed by atoms with Gasteiger partial charge < -0.3 is 4.42 Å². The third kappa shape index (κ3) is 1.85. The molecule has 0 fully saturated rings. The van der Waals surface area contributed by atoms with Crippen molar-refractivity contribution in [3.63, 3.8) is 0 Å². The molecule has 0 saturated heterocycles. The van der Waals surface area contributed by atoms with E-state index in [0.717, 1.165) is 0 Å². The van der Waals surface area contributed by atoms with Crippen molar-refractivity contribution in [2.24, 2.45) is 0 Å². The molecule has 1 aromatic heterocycles. The second-order valence-corrected chi connectivity index (χ2v) is 4.58. The molecule has 0 radical (unpaired) electrons. The van der Waals surface area contributed by atoms with Gasteiger partial charge in [-0.1, -0.05) is 35.3 Å². The summed E-state index contributed by atoms with van der Waals surface area (Å²) in [5, 5.41) is 0.813. The Morgan fingerprint density at radius 2 is 1.89 bits per heavy atom. The number of aromatic nitrogens is 1. The predicted octanol–water partition coefficient (Wildman–Crippen LogP) is 4.94. The zero-order valence-electron chi connectivity index (χ0n) is 8.95. The maximum atomic E-state index is 13.6. The Bertz CT molecular complexity index is 739. The third-order valence-electron chi connectivity index (χ3n) is 2.51. The lowest BCUT2D eigenvalue weighted by Gasteiger charge is -1.95. The molecule has 90 valence electrons. The Labute approximate surface area is 112 Å². The van der Waals surface area contributed by atoms with Crippen molar-refractivity contribution in [3.8, 4) is 11.5 Å². The lowest BCUT2D eigenvalue weighted by molar-refractivity contribution is 0.593. The largest absolute Gasteiger partial charge is 0.434 e. The smallest absolute Gasteiger partial charge is 0.230 e. The summed E-state index contributed by atoms with van der Waals surface area (Å²) in [6.45, 7) is 0. The monoisotopic (exact) mass is 281 g/mol. The van der Waals surface area contributed by atoms with Crippen molar-refractivity contribution in [2.45, 2.75) is 0 Å². The molecule has 5 heteroatoms. The Morgan fingerprint density at radius 3 is 2.67 bits per heavy atom. The normalized spacial score (nSPS) is 11.1. The minimum absolute atomic E-state index is 0.187. The van der Waals surface area contributed by atoms with Crippen LogP contribution in [0.15, 0.2) is 40.8 Å². The summed E-state index contributed by atoms with van der Waals surface area (Å²) >= 11 is 11.9. The lowest BCUT2D eigenvalue weighted by Crippen LogP contribution is -1.82. The second-order valence-electron chi connectivity index (χ2n) is 3.73. The average Bonchev–Trinajstić information content (AvgIpc) is 2.73. The lowest BCUT2D eigenvalue weighted by atomic mass is 10.2. The summed E-state index contributed by atoms with van der Waals surface area (Å²) in [5.41, 5.74) is 1.20. The van der Waals surface area contributed by atoms with Gasteiger partial charge in [-0.2, -0.15) is 0 Å². The van der Waals surface area contributed by atoms with E-state index in [4.69, 9.17) is 27.6 Å². The fourth-order valence-electron chi connectivity index (χ4n) is 1.71. The number of oxazole rings is 1. The highest BCUT2D eigenvalue weighted by Gasteiger charge is 2.14. The third-order valence-corrected chi connectivity index (χ3v) is 3.01. The van der Waals surface area contributed by atoms with Crippen LogP contribution in [0.2, 0.25) is 10.0 Å². The first kappa shape index (κ1) is 11.5. The number of fused-ring (bicyclic) bond motifs is 1. The Hall–Kier alpha value is -1.58. The van der Waals surface area contributed by atoms with Crippen molar-refractivity contribution in [2.75, 3.05) is 0 Å². The Balaban J connectivity index is 2.26. The molecular formula is C13H6Cl2FNO. The molecule has 1 heterocycles. The van der Waals surface area contributed by atoms with Crippen molar-refractivity contribution in [1.29, 1.82) is 0 Å². The van der Waals surface area contributed by atoms with Gasteiger partial charge in [0.15, 0.2) is 5.58 Å². The molecule has 3 rings (SSSR count). The molecule has 2 nitrogen and oxygen atoms in total. The summed E-state index contributed by atoms with van der Waals surface area (Å²) in [5.74, 6) is -0.210. The molecule has 0 aliphatic heterocycles. The molecule has 0 aliphatic carbocycles. The van der Waals surface area contributed by atoms with Gasteiger partial charge >= 0.3 is 0 Å². The van der Waals surface area contributed by atoms with Gasteiger partial charge in [0.05, 0.1) is 10.6 Å². The minimum atomic E-state index is -0.397. The zero-order valence-corrected chi connectivity index (χ0v) is 10.5. The quantitative estimate of drug-likeness (QED) is 0.631. The average molecular weight is 282 g/mol. The highest BCUT2D eigenvalue weighted by molar-refractivity contribution is 6.38. The number of benzene rings is 2. The van der Waals surface area contributed by atoms with Gasteiger partial charge in [-0.15, -0.1) is 0 Å². The van der Waals surface area contributed by atoms with Crippen molar-refractivity contribution >= 4 is 34.3 Å². The fourth-order valence-corrected chi connectivity index (χ4v) is 2.23. The first-order chi connectivity index (χ1) is 8.65. The van der Waals surface area contributed by atoms with Crippen molar-refractivity contribution in [1.82, 2.24) is 4.98 Å². The molecule has 0 bridgehead atoms. The van der Waals surface area contributed by atoms with E-state index in [2.05, 4.69) is 4.98 Å². The number of hydrogen-bond donors (Lipinski definition) is 0. The van der Waals surface area contributed by atoms with Crippen LogP contribution in [0.1, 0.15) is 0 Å². The SMILES string of the molecule is Fc1ccccc1-c1nc2cc(Cl)cc(Cl)c2o1. The first-order valence-corrected chi connectivity index (χ1v) is 5.91. The maximum Gasteiger partial charge on any atom is 0.230 e. The van der Waals surface area contributed by atoms with Crippen molar-refractivity contribution < 1.29 is 8.81 Å². The van der Waals surface area contributed by atoms with Crippen molar-refractivity contribution in [3.05, 3.63) is 52.3 Å². The Kier molecular flexibility index (Phi) is 2.73. The summed E-state index contributed by atoms with van der Waals surface area (Å²) < 4.78 is 19.1. The number of hydrogen-bond acceptors (Lipinski definition) is 2. The molecule has 0 amide bonds. The van der Waals surface area contributed by atoms with Crippen LogP contribution in [0.4, 0.5) is 4.39 Å². The van der Waals surface area contributed by atoms with Crippen LogP contribution < -0.4 is 0 Å². The van der Waals surface area contributed by atoms with Crippen LogP contribution in [0.3, 0.4) is 0 Å². The van der Waals surface area contributed by atoms with Gasteiger partial charge in [-0.3, -0.25) is 0 Å². The van der Waals surface area contributed by atoms with Gasteiger partial charge in [0, 0.05) is 5.02 Å². The molecule has 0 N–H and O–H groups in total. The van der Waals surface area contributed by atoms with Gasteiger partial charge in [0.1, 0.15) is 11.3 Å². The van der Waals surface area contributed by atoms with Gasteiger partial charge in [0.25, 0.3) is 0 Å². The summed E-state index contributed by atoms with van der Waals surface area (Å²) in [4.78, 5) is 4.19. The fraction of sp³-hybridized carbons (Fsp3) is 0. The second kappa shape index (κ2) is 4.26. The van der Waals surface area contributed by atoms with Crippen LogP contribution in [0, 0.1) is 5.82 Å². The van der Waals surface area contributed by atoms with Crippen LogP contribution in [0.5, 0.6) is 0 Å². The predicted molar refractivity (Wildman–Crippen MR) is 69.4 cm³/mol. The van der Waals surface area contributed by atoms with Crippen LogP contribution >= 0.6 is 23.2 Å². The molecule has 0 saturated carbocycles. The van der Waals surface area contributed by atoms with Crippen LogP contribution in [-0.4, -0.2) is 4.98 Å². The molecule has 18 heavy (non-hydrogen) atoms. The molecule has 0 unspecified atom stereocenters. The van der Waals surface area contributed by atoms with E-state index in [9.17, 15) is 4.39 Å². The molecular weight excluding hydrogens is 276 g/mol. The summed E-state index contributed by atoms with van der Waals surface area (Å²) in [7, 11) is 0. The highest BCUT2D eigenvalue weighted by Crippen LogP contribution is 2.32. The van der Waals surface area contributed by atoms with Gasteiger partial charge in [0.2, 0.25) is 5.89 Å². The van der Waals surface area contributed by atoms with E-state index in [1.54, 1.807) is 30.3 Å². The minimum Gasteiger partial charge on any atom is -0.434 e. The van der Waals surface area contributed by atoms with Gasteiger partial charge in [-0.05, 0) is 24.3 Å². The van der Waals surface area contributed by atoms with E-state index >= 15 is 0 Å². The number of halogens is 3. The topological polar surface area (TPSA) is 26.0 Å². The molecule has 0 spiro atoms. The van der Waals surface area contributed by atoms with Crippen LogP contribution in [-0.2, 0) is 0 Å². The van der Waals surface area contributed by atoms with Gasteiger partial charge in [-0.25, -0.2) is 9.37 Å². The molecule has 0 aliphatic rings. The van der Waals surface area contributed by atoms with E-state index < -0.39 is 5.82 Å². The number of rotatable bonds is 1. The van der Waals surface area contributed by atoms with E-state index in [-0.39, 0.29) is 5.89 Å². The summed E-state index contributed by atoms with van der Waals surface area (Å²) in [6, 6.07) is 9.43. The molecule has 3 aromatic rings. The molecule has 2 aromatic carbocycles. The van der Waals surface area contributed by atoms with E-state index in [0.29, 0.717) is 26.7 Å². The molecule has 0 atom stereocenters. The van der Waals surface area contributed by atoms with E-state index in [1.165, 1.54) is 6.07 Å². The summed E-state index contributed by atoms with van der Waals surface area (Å²) in [6.07, 6.45) is 0. The number of nitrogens with zero attached hydrogens (tertiary/aromatic N) is 1. The van der Waals surface area contributed by atoms with E-state index in [1.807, 2.05) is 0 Å². The first-order valence-electron chi connectivity index (χ1n) is 5.15. The zero-order chi connectivity index (χ0) is 12.7. The standard InChI is InChI=1S/C13H6Cl2FNO/c14-7-5-9(15)12-11(6-7)17-13(18-12)8-3-1-2-4-10(8)16/h1-6H.